The molecule has 0 N–H and O–H groups in total. The van der Waals surface area contributed by atoms with Gasteiger partial charge in [-0.1, -0.05) is 142 Å². The first-order chi connectivity index (χ1) is 34.4. The summed E-state index contributed by atoms with van der Waals surface area (Å²) >= 11 is 0. The van der Waals surface area contributed by atoms with Crippen molar-refractivity contribution < 1.29 is 0 Å². The summed E-state index contributed by atoms with van der Waals surface area (Å²) in [4.78, 5) is 16.2. The highest BCUT2D eigenvalue weighted by Crippen LogP contribution is 2.43. The van der Waals surface area contributed by atoms with Crippen molar-refractivity contribution in [2.45, 2.75) is 26.2 Å². The van der Waals surface area contributed by atoms with E-state index in [1.165, 1.54) is 21.5 Å². The highest BCUT2D eigenvalue weighted by Gasteiger charge is 2.27. The fourth-order valence-electron chi connectivity index (χ4n) is 11.1. The topological polar surface area (TPSA) is 82.2 Å². The smallest absolute Gasteiger partial charge is 0.238 e. The van der Waals surface area contributed by atoms with Crippen LogP contribution in [0.3, 0.4) is 0 Å². The molecule has 70 heavy (non-hydrogen) atoms. The second kappa shape index (κ2) is 14.8. The summed E-state index contributed by atoms with van der Waals surface area (Å²) in [6.07, 6.45) is 0. The number of fused-ring (bicyclic) bond motifs is 12. The number of rotatable bonds is 5. The van der Waals surface area contributed by atoms with E-state index < -0.39 is 5.41 Å². The van der Waals surface area contributed by atoms with E-state index in [1.54, 1.807) is 0 Å². The highest BCUT2D eigenvalue weighted by molar-refractivity contribution is 6.18. The summed E-state index contributed by atoms with van der Waals surface area (Å²) in [5.74, 6) is 1.63. The Kier molecular flexibility index (Phi) is 8.44. The van der Waals surface area contributed by atoms with Gasteiger partial charge in [0.2, 0.25) is 5.95 Å². The van der Waals surface area contributed by atoms with Gasteiger partial charge in [0.1, 0.15) is 5.82 Å². The Hall–Kier alpha value is -9.32. The first-order valence-corrected chi connectivity index (χ1v) is 23.7. The number of hydrogen-bond acceptors (Lipinski definition) is 4. The van der Waals surface area contributed by atoms with E-state index in [9.17, 15) is 5.26 Å². The third-order valence-electron chi connectivity index (χ3n) is 14.1. The van der Waals surface area contributed by atoms with Gasteiger partial charge in [-0.05, 0) is 78.9 Å². The van der Waals surface area contributed by atoms with Crippen LogP contribution in [0.25, 0.3) is 122 Å². The van der Waals surface area contributed by atoms with Crippen molar-refractivity contribution in [1.29, 1.82) is 5.26 Å². The average Bonchev–Trinajstić information content (AvgIpc) is 4.13. The molecule has 14 rings (SSSR count). The van der Waals surface area contributed by atoms with Crippen LogP contribution in [0.15, 0.2) is 200 Å². The molecule has 9 aromatic carbocycles. The minimum atomic E-state index is -0.462. The van der Waals surface area contributed by atoms with E-state index in [2.05, 4.69) is 227 Å². The second-order valence-electron chi connectivity index (χ2n) is 19.2. The Labute approximate surface area is 402 Å². The molecular formula is C62H42N8. The zero-order chi connectivity index (χ0) is 46.8. The number of aromatic nitrogens is 7. The Morgan fingerprint density at radius 3 is 1.21 bits per heavy atom. The predicted octanol–water partition coefficient (Wildman–Crippen LogP) is 15.1. The summed E-state index contributed by atoms with van der Waals surface area (Å²) < 4.78 is 9.29. The quantitative estimate of drug-likeness (QED) is 0.172. The van der Waals surface area contributed by atoms with Gasteiger partial charge in [-0.25, -0.2) is 4.98 Å². The molecule has 0 aliphatic carbocycles. The predicted molar refractivity (Wildman–Crippen MR) is 286 cm³/mol. The molecular weight excluding hydrogens is 857 g/mol. The van der Waals surface area contributed by atoms with Gasteiger partial charge in [-0.15, -0.1) is 0 Å². The zero-order valence-corrected chi connectivity index (χ0v) is 38.6. The molecule has 0 amide bonds. The molecule has 0 bridgehead atoms. The summed E-state index contributed by atoms with van der Waals surface area (Å²) in [6, 6.07) is 73.1. The summed E-state index contributed by atoms with van der Waals surface area (Å²) in [5, 5.41) is 19.8. The Bertz CT molecular complexity index is 4440. The van der Waals surface area contributed by atoms with Crippen LogP contribution in [0.5, 0.6) is 0 Å². The van der Waals surface area contributed by atoms with Crippen molar-refractivity contribution in [2.24, 2.45) is 0 Å². The van der Waals surface area contributed by atoms with Crippen molar-refractivity contribution in [3.05, 3.63) is 212 Å². The molecule has 0 radical (unpaired) electrons. The lowest BCUT2D eigenvalue weighted by Gasteiger charge is -2.20. The third-order valence-corrected chi connectivity index (χ3v) is 14.1. The molecule has 0 spiro atoms. The summed E-state index contributed by atoms with van der Waals surface area (Å²) in [7, 11) is 0. The van der Waals surface area contributed by atoms with Crippen LogP contribution in [0, 0.1) is 11.3 Å². The molecule has 0 saturated heterocycles. The van der Waals surface area contributed by atoms with Crippen molar-refractivity contribution in [1.82, 2.24) is 33.2 Å². The van der Waals surface area contributed by atoms with Gasteiger partial charge in [-0.3, -0.25) is 4.57 Å². The lowest BCUT2D eigenvalue weighted by Crippen LogP contribution is -2.19. The van der Waals surface area contributed by atoms with E-state index >= 15 is 0 Å². The maximum Gasteiger partial charge on any atom is 0.238 e. The molecule has 0 unspecified atom stereocenters. The molecule has 14 aromatic rings. The largest absolute Gasteiger partial charge is 0.309 e. The lowest BCUT2D eigenvalue weighted by atomic mass is 9.95. The monoisotopic (exact) mass is 898 g/mol. The maximum atomic E-state index is 10.5. The highest BCUT2D eigenvalue weighted by atomic mass is 15.2. The van der Waals surface area contributed by atoms with Crippen LogP contribution < -0.4 is 0 Å². The minimum Gasteiger partial charge on any atom is -0.309 e. The van der Waals surface area contributed by atoms with Gasteiger partial charge in [-0.2, -0.15) is 15.2 Å². The van der Waals surface area contributed by atoms with Gasteiger partial charge in [0.25, 0.3) is 0 Å². The fraction of sp³-hybridized carbons (Fsp3) is 0.0645. The van der Waals surface area contributed by atoms with Crippen LogP contribution in [0.2, 0.25) is 0 Å². The Balaban J connectivity index is 1.04. The zero-order valence-electron chi connectivity index (χ0n) is 38.6. The first-order valence-electron chi connectivity index (χ1n) is 23.7. The minimum absolute atomic E-state index is 0.462. The van der Waals surface area contributed by atoms with Crippen LogP contribution in [-0.2, 0) is 5.41 Å². The van der Waals surface area contributed by atoms with E-state index in [4.69, 9.17) is 15.0 Å². The van der Waals surface area contributed by atoms with Crippen LogP contribution in [-0.4, -0.2) is 33.2 Å². The number of para-hydroxylation sites is 6. The molecule has 0 fully saturated rings. The lowest BCUT2D eigenvalue weighted by molar-refractivity contribution is 0.540. The second-order valence-corrected chi connectivity index (χ2v) is 19.2. The Morgan fingerprint density at radius 2 is 0.757 bits per heavy atom. The first kappa shape index (κ1) is 39.8. The normalized spacial score (nSPS) is 12.2. The van der Waals surface area contributed by atoms with E-state index in [-0.39, 0.29) is 0 Å². The van der Waals surface area contributed by atoms with E-state index in [0.29, 0.717) is 23.2 Å². The number of nitrogens with zero attached hydrogens (tertiary/aromatic N) is 8. The van der Waals surface area contributed by atoms with Crippen molar-refractivity contribution in [3.63, 3.8) is 0 Å². The fourth-order valence-corrected chi connectivity index (χ4v) is 11.1. The van der Waals surface area contributed by atoms with Gasteiger partial charge >= 0.3 is 0 Å². The molecule has 5 heterocycles. The molecule has 5 aromatic heterocycles. The molecule has 8 nitrogen and oxygen atoms in total. The summed E-state index contributed by atoms with van der Waals surface area (Å²) in [6.45, 7) is 6.41. The standard InChI is InChI=1S/C62H42N8/c1-62(2,3)60-64-59(65-61(66-60)70-51-29-15-9-23-44(51)58-55(32-17-33-56(58)70)68-48-26-12-6-20-41(48)42-21-7-13-27-49(42)68)45-36-38(37-63)34-35-52(45)69-50-28-14-8-22-43(50)57-53(30-16-31-54(57)69)67-46-24-10-4-18-39(46)40-19-5-11-25-47(40)67/h4-36H,1-3H3. The molecule has 8 heteroatoms. The van der Waals surface area contributed by atoms with Crippen LogP contribution in [0.1, 0.15) is 32.2 Å². The Morgan fingerprint density at radius 1 is 0.371 bits per heavy atom. The van der Waals surface area contributed by atoms with E-state index in [1.807, 2.05) is 18.2 Å². The number of benzene rings is 9. The number of hydrogen-bond donors (Lipinski definition) is 0. The molecule has 0 atom stereocenters. The molecule has 330 valence electrons. The van der Waals surface area contributed by atoms with Gasteiger partial charge in [0.15, 0.2) is 5.82 Å². The van der Waals surface area contributed by atoms with Crippen molar-refractivity contribution >= 4 is 87.2 Å². The van der Waals surface area contributed by atoms with Gasteiger partial charge in [0, 0.05) is 54.1 Å². The van der Waals surface area contributed by atoms with Gasteiger partial charge < -0.3 is 13.7 Å². The number of nitriles is 1. The van der Waals surface area contributed by atoms with Crippen molar-refractivity contribution in [3.8, 4) is 40.5 Å². The SMILES string of the molecule is CC(C)(C)c1nc(-c2cc(C#N)ccc2-n2c3ccccc3c3c(-n4c5ccccc5c5ccccc54)cccc32)nc(-n2c3ccccc3c3c(-n4c5ccccc5c5ccccc54)cccc32)n1. The van der Waals surface area contributed by atoms with Crippen molar-refractivity contribution in [2.75, 3.05) is 0 Å². The average molecular weight is 899 g/mol. The molecule has 0 aliphatic rings. The molecule has 0 aliphatic heterocycles. The molecule has 0 saturated carbocycles. The third kappa shape index (κ3) is 5.66. The summed E-state index contributed by atoms with van der Waals surface area (Å²) in [5.41, 5.74) is 12.4. The van der Waals surface area contributed by atoms with Crippen LogP contribution >= 0.6 is 0 Å². The van der Waals surface area contributed by atoms with E-state index in [0.717, 1.165) is 88.3 Å². The van der Waals surface area contributed by atoms with Gasteiger partial charge in [0.05, 0.1) is 72.8 Å². The van der Waals surface area contributed by atoms with Crippen LogP contribution in [0.4, 0.5) is 0 Å². The maximum absolute atomic E-state index is 10.5.